The third kappa shape index (κ3) is 4.07. The van der Waals surface area contributed by atoms with Crippen LogP contribution in [0.15, 0.2) is 89.8 Å². The molecule has 1 aliphatic heterocycles. The molecule has 0 bridgehead atoms. The first-order valence-electron chi connectivity index (χ1n) is 8.86. The SMILES string of the molecule is CC(=O)Nc1cccc(C2=CC(c3ccccc3)Sc3ccccc3N2)c1. The number of hydrogen-bond donors (Lipinski definition) is 2. The van der Waals surface area contributed by atoms with Gasteiger partial charge in [-0.05, 0) is 41.5 Å². The van der Waals surface area contributed by atoms with Crippen molar-refractivity contribution in [2.24, 2.45) is 0 Å². The van der Waals surface area contributed by atoms with E-state index in [-0.39, 0.29) is 11.2 Å². The van der Waals surface area contributed by atoms with Crippen molar-refractivity contribution in [1.29, 1.82) is 0 Å². The van der Waals surface area contributed by atoms with Gasteiger partial charge in [-0.3, -0.25) is 4.79 Å². The standard InChI is InChI=1S/C23H20N2OS/c1-16(26)24-19-11-7-10-18(14-19)21-15-23(17-8-3-2-4-9-17)27-22-13-6-5-12-20(22)25-21/h2-15,23,25H,1H3,(H,24,26). The Bertz CT molecular complexity index is 998. The molecule has 27 heavy (non-hydrogen) atoms. The van der Waals surface area contributed by atoms with Crippen LogP contribution in [0, 0.1) is 0 Å². The minimum atomic E-state index is -0.0713. The van der Waals surface area contributed by atoms with Crippen LogP contribution in [0.4, 0.5) is 11.4 Å². The molecule has 1 heterocycles. The Morgan fingerprint density at radius 2 is 1.74 bits per heavy atom. The van der Waals surface area contributed by atoms with Gasteiger partial charge < -0.3 is 10.6 Å². The number of anilines is 2. The van der Waals surface area contributed by atoms with Crippen LogP contribution in [0.3, 0.4) is 0 Å². The Morgan fingerprint density at radius 3 is 2.56 bits per heavy atom. The van der Waals surface area contributed by atoms with Crippen LogP contribution in [0.25, 0.3) is 5.70 Å². The van der Waals surface area contributed by atoms with Gasteiger partial charge in [0.1, 0.15) is 0 Å². The average Bonchev–Trinajstić information content (AvgIpc) is 2.88. The van der Waals surface area contributed by atoms with Crippen LogP contribution in [0.2, 0.25) is 0 Å². The Labute approximate surface area is 163 Å². The second-order valence-corrected chi connectivity index (χ2v) is 7.60. The maximum atomic E-state index is 11.4. The predicted octanol–water partition coefficient (Wildman–Crippen LogP) is 5.95. The molecule has 0 aliphatic carbocycles. The van der Waals surface area contributed by atoms with Crippen molar-refractivity contribution in [2.75, 3.05) is 10.6 Å². The van der Waals surface area contributed by atoms with Gasteiger partial charge in [0.2, 0.25) is 5.91 Å². The number of hydrogen-bond acceptors (Lipinski definition) is 3. The molecule has 0 radical (unpaired) electrons. The summed E-state index contributed by atoms with van der Waals surface area (Å²) in [4.78, 5) is 12.6. The van der Waals surface area contributed by atoms with E-state index in [0.717, 1.165) is 22.6 Å². The fourth-order valence-electron chi connectivity index (χ4n) is 3.12. The van der Waals surface area contributed by atoms with Crippen molar-refractivity contribution < 1.29 is 4.79 Å². The Kier molecular flexibility index (Phi) is 4.99. The minimum Gasteiger partial charge on any atom is -0.354 e. The lowest BCUT2D eigenvalue weighted by atomic mass is 10.1. The molecule has 0 spiro atoms. The van der Waals surface area contributed by atoms with Gasteiger partial charge in [-0.25, -0.2) is 0 Å². The molecule has 2 N–H and O–H groups in total. The van der Waals surface area contributed by atoms with Crippen molar-refractivity contribution in [2.45, 2.75) is 17.1 Å². The summed E-state index contributed by atoms with van der Waals surface area (Å²) >= 11 is 1.84. The third-order valence-corrected chi connectivity index (χ3v) is 5.62. The number of nitrogens with one attached hydrogen (secondary N) is 2. The number of fused-ring (bicyclic) bond motifs is 1. The molecule has 1 atom stereocenters. The highest BCUT2D eigenvalue weighted by Gasteiger charge is 2.19. The fourth-order valence-corrected chi connectivity index (χ4v) is 4.30. The first-order valence-corrected chi connectivity index (χ1v) is 9.74. The summed E-state index contributed by atoms with van der Waals surface area (Å²) in [5.74, 6) is -0.0713. The number of carbonyl (C=O) groups is 1. The maximum absolute atomic E-state index is 11.4. The van der Waals surface area contributed by atoms with Crippen molar-refractivity contribution in [3.05, 3.63) is 96.1 Å². The van der Waals surface area contributed by atoms with Gasteiger partial charge in [-0.2, -0.15) is 0 Å². The zero-order valence-corrected chi connectivity index (χ0v) is 15.8. The molecule has 134 valence electrons. The van der Waals surface area contributed by atoms with E-state index in [1.54, 1.807) is 0 Å². The number of rotatable bonds is 3. The minimum absolute atomic E-state index is 0.0713. The van der Waals surface area contributed by atoms with Crippen LogP contribution in [-0.2, 0) is 4.79 Å². The summed E-state index contributed by atoms with van der Waals surface area (Å²) in [5.41, 5.74) is 5.23. The predicted molar refractivity (Wildman–Crippen MR) is 114 cm³/mol. The van der Waals surface area contributed by atoms with E-state index in [9.17, 15) is 4.79 Å². The Balaban J connectivity index is 1.78. The van der Waals surface area contributed by atoms with Crippen LogP contribution < -0.4 is 10.6 Å². The largest absolute Gasteiger partial charge is 0.354 e. The number of benzene rings is 3. The number of amides is 1. The first-order chi connectivity index (χ1) is 13.2. The number of thioether (sulfide) groups is 1. The van der Waals surface area contributed by atoms with E-state index in [2.05, 4.69) is 65.2 Å². The topological polar surface area (TPSA) is 41.1 Å². The first kappa shape index (κ1) is 17.4. The van der Waals surface area contributed by atoms with E-state index >= 15 is 0 Å². The van der Waals surface area contributed by atoms with Crippen molar-refractivity contribution >= 4 is 34.7 Å². The maximum Gasteiger partial charge on any atom is 0.221 e. The van der Waals surface area contributed by atoms with Gasteiger partial charge in [0.15, 0.2) is 0 Å². The van der Waals surface area contributed by atoms with E-state index in [1.807, 2.05) is 42.1 Å². The summed E-state index contributed by atoms with van der Waals surface area (Å²) in [5, 5.41) is 6.64. The van der Waals surface area contributed by atoms with E-state index in [4.69, 9.17) is 0 Å². The molecular weight excluding hydrogens is 352 g/mol. The highest BCUT2D eigenvalue weighted by molar-refractivity contribution is 7.99. The van der Waals surface area contributed by atoms with Gasteiger partial charge >= 0.3 is 0 Å². The molecule has 0 saturated carbocycles. The fraction of sp³-hybridized carbons (Fsp3) is 0.0870. The third-order valence-electron chi connectivity index (χ3n) is 4.35. The zero-order valence-electron chi connectivity index (χ0n) is 15.0. The second kappa shape index (κ2) is 7.72. The highest BCUT2D eigenvalue weighted by atomic mass is 32.2. The van der Waals surface area contributed by atoms with Gasteiger partial charge in [0, 0.05) is 23.2 Å². The second-order valence-electron chi connectivity index (χ2n) is 6.41. The van der Waals surface area contributed by atoms with Gasteiger partial charge in [-0.1, -0.05) is 54.6 Å². The highest BCUT2D eigenvalue weighted by Crippen LogP contribution is 2.44. The lowest BCUT2D eigenvalue weighted by Gasteiger charge is -2.13. The molecule has 3 aromatic rings. The molecule has 0 aromatic heterocycles. The van der Waals surface area contributed by atoms with Gasteiger partial charge in [-0.15, -0.1) is 11.8 Å². The summed E-state index contributed by atoms with van der Waals surface area (Å²) < 4.78 is 0. The monoisotopic (exact) mass is 372 g/mol. The molecule has 3 nitrogen and oxygen atoms in total. The quantitative estimate of drug-likeness (QED) is 0.597. The van der Waals surface area contributed by atoms with Crippen molar-refractivity contribution in [1.82, 2.24) is 0 Å². The van der Waals surface area contributed by atoms with Crippen molar-refractivity contribution in [3.8, 4) is 0 Å². The zero-order chi connectivity index (χ0) is 18.6. The molecule has 4 heteroatoms. The number of carbonyl (C=O) groups excluding carboxylic acids is 1. The lowest BCUT2D eigenvalue weighted by molar-refractivity contribution is -0.114. The lowest BCUT2D eigenvalue weighted by Crippen LogP contribution is -2.06. The molecule has 0 saturated heterocycles. The van der Waals surface area contributed by atoms with Crippen LogP contribution in [0.1, 0.15) is 23.3 Å². The molecule has 4 rings (SSSR count). The molecular formula is C23H20N2OS. The van der Waals surface area contributed by atoms with E-state index < -0.39 is 0 Å². The van der Waals surface area contributed by atoms with Gasteiger partial charge in [0.25, 0.3) is 0 Å². The summed E-state index contributed by atoms with van der Waals surface area (Å²) in [6.07, 6.45) is 2.26. The van der Waals surface area contributed by atoms with E-state index in [1.165, 1.54) is 17.4 Å². The molecule has 3 aromatic carbocycles. The smallest absolute Gasteiger partial charge is 0.221 e. The molecule has 0 fully saturated rings. The molecule has 1 aliphatic rings. The molecule has 1 amide bonds. The van der Waals surface area contributed by atoms with Crippen LogP contribution in [-0.4, -0.2) is 5.91 Å². The Hall–Kier alpha value is -2.98. The Morgan fingerprint density at radius 1 is 0.963 bits per heavy atom. The summed E-state index contributed by atoms with van der Waals surface area (Å²) in [7, 11) is 0. The molecule has 1 unspecified atom stereocenters. The number of para-hydroxylation sites is 1. The van der Waals surface area contributed by atoms with E-state index in [0.29, 0.717) is 0 Å². The van der Waals surface area contributed by atoms with Crippen LogP contribution >= 0.6 is 11.8 Å². The van der Waals surface area contributed by atoms with Crippen LogP contribution in [0.5, 0.6) is 0 Å². The van der Waals surface area contributed by atoms with Crippen molar-refractivity contribution in [3.63, 3.8) is 0 Å². The summed E-state index contributed by atoms with van der Waals surface area (Å²) in [6.45, 7) is 1.52. The average molecular weight is 372 g/mol. The summed E-state index contributed by atoms with van der Waals surface area (Å²) in [6, 6.07) is 26.8. The van der Waals surface area contributed by atoms with Gasteiger partial charge in [0.05, 0.1) is 10.9 Å². The normalized spacial score (nSPS) is 15.7.